The number of amides is 1. The molecule has 0 saturated heterocycles. The first-order valence-electron chi connectivity index (χ1n) is 8.06. The van der Waals surface area contributed by atoms with Crippen molar-refractivity contribution in [2.45, 2.75) is 19.1 Å². The van der Waals surface area contributed by atoms with Crippen LogP contribution in [-0.2, 0) is 11.0 Å². The summed E-state index contributed by atoms with van der Waals surface area (Å²) in [5.74, 6) is 0.595. The van der Waals surface area contributed by atoms with Crippen molar-refractivity contribution in [1.82, 2.24) is 5.32 Å². The lowest BCUT2D eigenvalue weighted by molar-refractivity contribution is -0.137. The highest BCUT2D eigenvalue weighted by Crippen LogP contribution is 2.31. The van der Waals surface area contributed by atoms with Gasteiger partial charge in [-0.25, -0.2) is 0 Å². The van der Waals surface area contributed by atoms with E-state index < -0.39 is 24.3 Å². The molecule has 8 heteroatoms. The largest absolute Gasteiger partial charge is 0.493 e. The fraction of sp³-hybridized carbons (Fsp3) is 0.316. The third kappa shape index (κ3) is 5.54. The van der Waals surface area contributed by atoms with E-state index in [0.29, 0.717) is 11.5 Å². The standard InChI is InChI=1S/C19H20F3NO4/c1-12(13-7-8-16(25-2)17(9-13)26-3)23-18(24)11-27-15-6-4-5-14(10-15)19(20,21)22/h4-10,12H,11H2,1-3H3,(H,23,24). The minimum atomic E-state index is -4.47. The van der Waals surface area contributed by atoms with Gasteiger partial charge in [-0.05, 0) is 42.8 Å². The van der Waals surface area contributed by atoms with Crippen LogP contribution in [-0.4, -0.2) is 26.7 Å². The summed E-state index contributed by atoms with van der Waals surface area (Å²) in [6.45, 7) is 1.36. The molecule has 0 aliphatic heterocycles. The predicted molar refractivity (Wildman–Crippen MR) is 93.0 cm³/mol. The fourth-order valence-corrected chi connectivity index (χ4v) is 2.40. The molecule has 0 radical (unpaired) electrons. The van der Waals surface area contributed by atoms with Gasteiger partial charge in [0.15, 0.2) is 18.1 Å². The molecule has 2 aromatic rings. The Bertz CT molecular complexity index is 793. The highest BCUT2D eigenvalue weighted by molar-refractivity contribution is 5.78. The van der Waals surface area contributed by atoms with Crippen LogP contribution in [0.2, 0.25) is 0 Å². The Morgan fingerprint density at radius 3 is 2.41 bits per heavy atom. The van der Waals surface area contributed by atoms with E-state index in [1.54, 1.807) is 25.1 Å². The lowest BCUT2D eigenvalue weighted by Gasteiger charge is -2.17. The molecule has 1 unspecified atom stereocenters. The van der Waals surface area contributed by atoms with Crippen molar-refractivity contribution in [1.29, 1.82) is 0 Å². The van der Waals surface area contributed by atoms with Crippen molar-refractivity contribution in [2.24, 2.45) is 0 Å². The van der Waals surface area contributed by atoms with Gasteiger partial charge in [0.05, 0.1) is 25.8 Å². The van der Waals surface area contributed by atoms with Gasteiger partial charge in [0.1, 0.15) is 5.75 Å². The van der Waals surface area contributed by atoms with Crippen LogP contribution in [0.3, 0.4) is 0 Å². The van der Waals surface area contributed by atoms with Crippen LogP contribution in [0.15, 0.2) is 42.5 Å². The van der Waals surface area contributed by atoms with E-state index in [-0.39, 0.29) is 11.8 Å². The van der Waals surface area contributed by atoms with Gasteiger partial charge in [-0.15, -0.1) is 0 Å². The number of alkyl halides is 3. The fourth-order valence-electron chi connectivity index (χ4n) is 2.40. The zero-order valence-electron chi connectivity index (χ0n) is 15.1. The zero-order valence-corrected chi connectivity index (χ0v) is 15.1. The molecule has 0 aliphatic rings. The van der Waals surface area contributed by atoms with Crippen molar-refractivity contribution < 1.29 is 32.2 Å². The number of benzene rings is 2. The molecule has 1 atom stereocenters. The molecule has 2 rings (SSSR count). The second-order valence-electron chi connectivity index (χ2n) is 5.72. The Kier molecular flexibility index (Phi) is 6.55. The van der Waals surface area contributed by atoms with E-state index in [0.717, 1.165) is 17.7 Å². The SMILES string of the molecule is COc1ccc(C(C)NC(=O)COc2cccc(C(F)(F)F)c2)cc1OC. The van der Waals surface area contributed by atoms with Crippen molar-refractivity contribution >= 4 is 5.91 Å². The van der Waals surface area contributed by atoms with Gasteiger partial charge in [-0.1, -0.05) is 12.1 Å². The van der Waals surface area contributed by atoms with Crippen LogP contribution in [0.5, 0.6) is 17.2 Å². The maximum atomic E-state index is 12.7. The van der Waals surface area contributed by atoms with Crippen molar-refractivity contribution in [3.8, 4) is 17.2 Å². The van der Waals surface area contributed by atoms with E-state index in [4.69, 9.17) is 14.2 Å². The lowest BCUT2D eigenvalue weighted by Crippen LogP contribution is -2.31. The Balaban J connectivity index is 1.96. The van der Waals surface area contributed by atoms with Crippen LogP contribution >= 0.6 is 0 Å². The summed E-state index contributed by atoms with van der Waals surface area (Å²) in [5.41, 5.74) is -0.0563. The van der Waals surface area contributed by atoms with E-state index in [9.17, 15) is 18.0 Å². The number of halogens is 3. The molecule has 146 valence electrons. The minimum absolute atomic E-state index is 0.0289. The third-order valence-corrected chi connectivity index (χ3v) is 3.82. The number of hydrogen-bond donors (Lipinski definition) is 1. The second kappa shape index (κ2) is 8.66. The Morgan fingerprint density at radius 1 is 1.07 bits per heavy atom. The van der Waals surface area contributed by atoms with Gasteiger partial charge in [0, 0.05) is 0 Å². The molecular weight excluding hydrogens is 363 g/mol. The average Bonchev–Trinajstić information content (AvgIpc) is 2.65. The summed E-state index contributed by atoms with van der Waals surface area (Å²) in [4.78, 5) is 12.0. The Hall–Kier alpha value is -2.90. The molecule has 2 aromatic carbocycles. The summed E-state index contributed by atoms with van der Waals surface area (Å²) in [7, 11) is 3.03. The van der Waals surface area contributed by atoms with Gasteiger partial charge >= 0.3 is 6.18 Å². The number of carbonyl (C=O) groups is 1. The molecule has 0 aliphatic carbocycles. The van der Waals surface area contributed by atoms with Crippen LogP contribution < -0.4 is 19.5 Å². The van der Waals surface area contributed by atoms with Crippen molar-refractivity contribution in [2.75, 3.05) is 20.8 Å². The molecule has 5 nitrogen and oxygen atoms in total. The monoisotopic (exact) mass is 383 g/mol. The molecule has 0 saturated carbocycles. The van der Waals surface area contributed by atoms with E-state index in [1.165, 1.54) is 26.4 Å². The van der Waals surface area contributed by atoms with E-state index in [2.05, 4.69) is 5.32 Å². The van der Waals surface area contributed by atoms with Crippen LogP contribution in [0.4, 0.5) is 13.2 Å². The highest BCUT2D eigenvalue weighted by atomic mass is 19.4. The topological polar surface area (TPSA) is 56.8 Å². The van der Waals surface area contributed by atoms with Gasteiger partial charge in [-0.2, -0.15) is 13.2 Å². The summed E-state index contributed by atoms with van der Waals surface area (Å²) >= 11 is 0. The smallest absolute Gasteiger partial charge is 0.416 e. The molecular formula is C19H20F3NO4. The van der Waals surface area contributed by atoms with E-state index in [1.807, 2.05) is 0 Å². The normalized spacial score (nSPS) is 12.2. The zero-order chi connectivity index (χ0) is 20.0. The molecule has 0 aromatic heterocycles. The van der Waals surface area contributed by atoms with Crippen LogP contribution in [0.25, 0.3) is 0 Å². The third-order valence-electron chi connectivity index (χ3n) is 3.82. The predicted octanol–water partition coefficient (Wildman–Crippen LogP) is 3.98. The van der Waals surface area contributed by atoms with Crippen LogP contribution in [0.1, 0.15) is 24.1 Å². The first-order chi connectivity index (χ1) is 12.7. The van der Waals surface area contributed by atoms with E-state index >= 15 is 0 Å². The number of carbonyl (C=O) groups excluding carboxylic acids is 1. The molecule has 27 heavy (non-hydrogen) atoms. The quantitative estimate of drug-likeness (QED) is 0.786. The first-order valence-corrected chi connectivity index (χ1v) is 8.06. The summed E-state index contributed by atoms with van der Waals surface area (Å²) in [6.07, 6.45) is -4.47. The van der Waals surface area contributed by atoms with Gasteiger partial charge in [0.25, 0.3) is 5.91 Å². The van der Waals surface area contributed by atoms with Gasteiger partial charge in [0.2, 0.25) is 0 Å². The van der Waals surface area contributed by atoms with Crippen molar-refractivity contribution in [3.63, 3.8) is 0 Å². The molecule has 1 N–H and O–H groups in total. The molecule has 0 fully saturated rings. The molecule has 0 bridgehead atoms. The Morgan fingerprint density at radius 2 is 1.78 bits per heavy atom. The molecule has 0 spiro atoms. The maximum absolute atomic E-state index is 12.7. The minimum Gasteiger partial charge on any atom is -0.493 e. The van der Waals surface area contributed by atoms with Crippen molar-refractivity contribution in [3.05, 3.63) is 53.6 Å². The second-order valence-corrected chi connectivity index (χ2v) is 5.72. The van der Waals surface area contributed by atoms with Crippen LogP contribution in [0, 0.1) is 0 Å². The van der Waals surface area contributed by atoms with Gasteiger partial charge in [-0.3, -0.25) is 4.79 Å². The lowest BCUT2D eigenvalue weighted by atomic mass is 10.1. The number of ether oxygens (including phenoxy) is 3. The summed E-state index contributed by atoms with van der Waals surface area (Å²) < 4.78 is 53.6. The number of rotatable bonds is 7. The maximum Gasteiger partial charge on any atom is 0.416 e. The molecule has 1 amide bonds. The van der Waals surface area contributed by atoms with Gasteiger partial charge < -0.3 is 19.5 Å². The highest BCUT2D eigenvalue weighted by Gasteiger charge is 2.30. The first kappa shape index (κ1) is 20.4. The Labute approximate surface area is 155 Å². The molecule has 0 heterocycles. The summed E-state index contributed by atoms with van der Waals surface area (Å²) in [6, 6.07) is 9.25. The number of hydrogen-bond acceptors (Lipinski definition) is 4. The summed E-state index contributed by atoms with van der Waals surface area (Å²) in [5, 5.41) is 2.72. The number of methoxy groups -OCH3 is 2. The number of nitrogens with one attached hydrogen (secondary N) is 1. The average molecular weight is 383 g/mol.